The SMILES string of the molecule is O=C(CN1CCN(C(=O)c2ccc(F)c(F)c2)CC1)Nc1ccccc1C(=O)c1ccccc1. The summed E-state index contributed by atoms with van der Waals surface area (Å²) in [5.41, 5.74) is 1.47. The normalized spacial score (nSPS) is 14.0. The lowest BCUT2D eigenvalue weighted by molar-refractivity contribution is -0.117. The van der Waals surface area contributed by atoms with Crippen LogP contribution in [0.15, 0.2) is 72.8 Å². The van der Waals surface area contributed by atoms with Gasteiger partial charge >= 0.3 is 0 Å². The number of nitrogens with one attached hydrogen (secondary N) is 1. The van der Waals surface area contributed by atoms with E-state index in [2.05, 4.69) is 5.32 Å². The Morgan fingerprint density at radius 3 is 2.15 bits per heavy atom. The predicted molar refractivity (Wildman–Crippen MR) is 124 cm³/mol. The van der Waals surface area contributed by atoms with E-state index in [4.69, 9.17) is 0 Å². The molecule has 6 nitrogen and oxygen atoms in total. The topological polar surface area (TPSA) is 69.7 Å². The molecule has 0 unspecified atom stereocenters. The van der Waals surface area contributed by atoms with Crippen molar-refractivity contribution in [3.63, 3.8) is 0 Å². The zero-order chi connectivity index (χ0) is 24.1. The van der Waals surface area contributed by atoms with E-state index in [1.165, 1.54) is 6.07 Å². The summed E-state index contributed by atoms with van der Waals surface area (Å²) in [7, 11) is 0. The van der Waals surface area contributed by atoms with Gasteiger partial charge in [0.05, 0.1) is 12.2 Å². The minimum atomic E-state index is -1.06. The Labute approximate surface area is 195 Å². The summed E-state index contributed by atoms with van der Waals surface area (Å²) in [6.45, 7) is 1.71. The molecule has 34 heavy (non-hydrogen) atoms. The van der Waals surface area contributed by atoms with Gasteiger partial charge in [-0.2, -0.15) is 0 Å². The number of halogens is 2. The molecule has 1 saturated heterocycles. The molecule has 1 heterocycles. The summed E-state index contributed by atoms with van der Waals surface area (Å²) in [5.74, 6) is -2.89. The van der Waals surface area contributed by atoms with Crippen LogP contribution in [0.2, 0.25) is 0 Å². The van der Waals surface area contributed by atoms with E-state index in [1.54, 1.807) is 53.4 Å². The largest absolute Gasteiger partial charge is 0.336 e. The molecule has 0 radical (unpaired) electrons. The molecule has 0 spiro atoms. The van der Waals surface area contributed by atoms with E-state index in [0.717, 1.165) is 12.1 Å². The summed E-state index contributed by atoms with van der Waals surface area (Å²) in [5, 5.41) is 2.82. The highest BCUT2D eigenvalue weighted by molar-refractivity contribution is 6.13. The zero-order valence-corrected chi connectivity index (χ0v) is 18.3. The third-order valence-electron chi connectivity index (χ3n) is 5.68. The molecule has 4 rings (SSSR count). The fourth-order valence-corrected chi connectivity index (χ4v) is 3.85. The molecule has 0 bridgehead atoms. The van der Waals surface area contributed by atoms with Crippen LogP contribution in [0.5, 0.6) is 0 Å². The highest BCUT2D eigenvalue weighted by Crippen LogP contribution is 2.20. The summed E-state index contributed by atoms with van der Waals surface area (Å²) in [6.07, 6.45) is 0. The molecular weight excluding hydrogens is 440 g/mol. The van der Waals surface area contributed by atoms with Gasteiger partial charge in [0, 0.05) is 42.9 Å². The van der Waals surface area contributed by atoms with Gasteiger partial charge in [-0.3, -0.25) is 19.3 Å². The van der Waals surface area contributed by atoms with E-state index in [-0.39, 0.29) is 29.7 Å². The van der Waals surface area contributed by atoms with Gasteiger partial charge in [0.15, 0.2) is 17.4 Å². The van der Waals surface area contributed by atoms with Gasteiger partial charge < -0.3 is 10.2 Å². The maximum atomic E-state index is 13.4. The van der Waals surface area contributed by atoms with Crippen LogP contribution >= 0.6 is 0 Å². The minimum absolute atomic E-state index is 0.0878. The Bertz CT molecular complexity index is 1210. The molecule has 0 aromatic heterocycles. The van der Waals surface area contributed by atoms with Gasteiger partial charge in [-0.05, 0) is 30.3 Å². The molecule has 3 aromatic rings. The van der Waals surface area contributed by atoms with Gasteiger partial charge in [-0.1, -0.05) is 42.5 Å². The second kappa shape index (κ2) is 10.4. The lowest BCUT2D eigenvalue weighted by Gasteiger charge is -2.34. The number of carbonyl (C=O) groups is 3. The first-order chi connectivity index (χ1) is 16.4. The third kappa shape index (κ3) is 5.35. The molecule has 174 valence electrons. The minimum Gasteiger partial charge on any atom is -0.336 e. The number of para-hydroxylation sites is 1. The first-order valence-electron chi connectivity index (χ1n) is 10.9. The number of amides is 2. The maximum absolute atomic E-state index is 13.4. The Balaban J connectivity index is 1.33. The van der Waals surface area contributed by atoms with Crippen molar-refractivity contribution in [3.05, 3.63) is 101 Å². The number of anilines is 1. The molecule has 0 saturated carbocycles. The standard InChI is InChI=1S/C26H23F2N3O3/c27-21-11-10-19(16-22(21)28)26(34)31-14-12-30(13-15-31)17-24(32)29-23-9-5-4-8-20(23)25(33)18-6-2-1-3-7-18/h1-11,16H,12-15,17H2,(H,29,32). The van der Waals surface area contributed by atoms with Crippen molar-refractivity contribution in [3.8, 4) is 0 Å². The van der Waals surface area contributed by atoms with Crippen LogP contribution in [0.25, 0.3) is 0 Å². The van der Waals surface area contributed by atoms with Gasteiger partial charge in [-0.25, -0.2) is 8.78 Å². The summed E-state index contributed by atoms with van der Waals surface area (Å²) >= 11 is 0. The molecule has 1 N–H and O–H groups in total. The molecule has 1 aliphatic rings. The number of rotatable bonds is 6. The van der Waals surface area contributed by atoms with E-state index in [0.29, 0.717) is 43.0 Å². The van der Waals surface area contributed by atoms with Gasteiger partial charge in [0.1, 0.15) is 0 Å². The number of piperazine rings is 1. The zero-order valence-electron chi connectivity index (χ0n) is 18.3. The fourth-order valence-electron chi connectivity index (χ4n) is 3.85. The van der Waals surface area contributed by atoms with Crippen molar-refractivity contribution in [1.82, 2.24) is 9.80 Å². The van der Waals surface area contributed by atoms with Crippen LogP contribution in [0.1, 0.15) is 26.3 Å². The number of hydrogen-bond donors (Lipinski definition) is 1. The smallest absolute Gasteiger partial charge is 0.254 e. The van der Waals surface area contributed by atoms with E-state index >= 15 is 0 Å². The first-order valence-corrected chi connectivity index (χ1v) is 10.9. The number of ketones is 1. The molecule has 2 amide bonds. The van der Waals surface area contributed by atoms with Gasteiger partial charge in [-0.15, -0.1) is 0 Å². The average molecular weight is 463 g/mol. The molecule has 8 heteroatoms. The van der Waals surface area contributed by atoms with Crippen LogP contribution in [0, 0.1) is 11.6 Å². The van der Waals surface area contributed by atoms with Crippen LogP contribution in [-0.2, 0) is 4.79 Å². The molecular formula is C26H23F2N3O3. The van der Waals surface area contributed by atoms with Crippen molar-refractivity contribution < 1.29 is 23.2 Å². The Hall–Kier alpha value is -3.91. The molecule has 1 aliphatic heterocycles. The lowest BCUT2D eigenvalue weighted by Crippen LogP contribution is -2.50. The fraction of sp³-hybridized carbons (Fsp3) is 0.192. The Morgan fingerprint density at radius 1 is 0.765 bits per heavy atom. The molecule has 3 aromatic carbocycles. The Morgan fingerprint density at radius 2 is 1.44 bits per heavy atom. The van der Waals surface area contributed by atoms with Crippen LogP contribution in [-0.4, -0.2) is 60.1 Å². The number of carbonyl (C=O) groups excluding carboxylic acids is 3. The third-order valence-corrected chi connectivity index (χ3v) is 5.68. The van der Waals surface area contributed by atoms with Gasteiger partial charge in [0.25, 0.3) is 5.91 Å². The van der Waals surface area contributed by atoms with Gasteiger partial charge in [0.2, 0.25) is 5.91 Å². The average Bonchev–Trinajstić information content (AvgIpc) is 2.86. The number of nitrogens with zero attached hydrogens (tertiary/aromatic N) is 2. The lowest BCUT2D eigenvalue weighted by atomic mass is 10.0. The monoisotopic (exact) mass is 463 g/mol. The molecule has 1 fully saturated rings. The van der Waals surface area contributed by atoms with Crippen molar-refractivity contribution in [2.24, 2.45) is 0 Å². The van der Waals surface area contributed by atoms with E-state index in [1.807, 2.05) is 11.0 Å². The molecule has 0 atom stereocenters. The van der Waals surface area contributed by atoms with Crippen molar-refractivity contribution in [2.75, 3.05) is 38.0 Å². The first kappa shape index (κ1) is 23.3. The van der Waals surface area contributed by atoms with Crippen molar-refractivity contribution in [1.29, 1.82) is 0 Å². The van der Waals surface area contributed by atoms with Crippen LogP contribution in [0.3, 0.4) is 0 Å². The molecule has 0 aliphatic carbocycles. The van der Waals surface area contributed by atoms with Crippen LogP contribution in [0.4, 0.5) is 14.5 Å². The number of benzene rings is 3. The quantitative estimate of drug-likeness (QED) is 0.568. The summed E-state index contributed by atoms with van der Waals surface area (Å²) in [4.78, 5) is 41.5. The second-order valence-electron chi connectivity index (χ2n) is 7.99. The predicted octanol–water partition coefficient (Wildman–Crippen LogP) is 3.59. The van der Waals surface area contributed by atoms with Crippen LogP contribution < -0.4 is 5.32 Å². The second-order valence-corrected chi connectivity index (χ2v) is 7.99. The summed E-state index contributed by atoms with van der Waals surface area (Å²) in [6, 6.07) is 18.8. The number of hydrogen-bond acceptors (Lipinski definition) is 4. The highest BCUT2D eigenvalue weighted by atomic mass is 19.2. The van der Waals surface area contributed by atoms with E-state index in [9.17, 15) is 23.2 Å². The van der Waals surface area contributed by atoms with Crippen molar-refractivity contribution >= 4 is 23.3 Å². The Kier molecular flexibility index (Phi) is 7.08. The highest BCUT2D eigenvalue weighted by Gasteiger charge is 2.24. The summed E-state index contributed by atoms with van der Waals surface area (Å²) < 4.78 is 26.6. The van der Waals surface area contributed by atoms with E-state index < -0.39 is 11.6 Å². The van der Waals surface area contributed by atoms with Crippen molar-refractivity contribution in [2.45, 2.75) is 0 Å². The maximum Gasteiger partial charge on any atom is 0.254 e.